The van der Waals surface area contributed by atoms with E-state index in [1.54, 1.807) is 25.1 Å². The maximum absolute atomic E-state index is 13.1. The Morgan fingerprint density at radius 3 is 1.16 bits per heavy atom. The van der Waals surface area contributed by atoms with Gasteiger partial charge in [0.25, 0.3) is 0 Å². The topological polar surface area (TPSA) is 210 Å². The number of aryl methyl sites for hydroxylation is 1. The zero-order valence-electron chi connectivity index (χ0n) is 36.5. The van der Waals surface area contributed by atoms with E-state index in [1.165, 1.54) is 13.8 Å². The molecule has 0 bridgehead atoms. The lowest BCUT2D eigenvalue weighted by Gasteiger charge is -2.30. The minimum absolute atomic E-state index is 0.208. The monoisotopic (exact) mass is 880 g/mol. The summed E-state index contributed by atoms with van der Waals surface area (Å²) in [6.07, 6.45) is 7.26. The van der Waals surface area contributed by atoms with Crippen LogP contribution < -0.4 is 9.47 Å². The first-order valence-electron chi connectivity index (χ1n) is 22.0. The second kappa shape index (κ2) is 23.2. The van der Waals surface area contributed by atoms with Crippen LogP contribution in [0.5, 0.6) is 11.5 Å². The highest BCUT2D eigenvalue weighted by Crippen LogP contribution is 2.36. The SMILES string of the molecule is C=C(C)C(=O)OCOC(=O)C1CCC(OC(=O)C2CCC(C(=O)Oc3ccc(OC(=O)C4CCC(C(=O)OC5CCC(C(=O)OCOC(=O)C(=C)C)CC5)CC4)c(C)c3)CC2)CC1. The number of carbonyl (C=O) groups excluding carboxylic acids is 8. The molecule has 16 nitrogen and oxygen atoms in total. The molecule has 1 aromatic carbocycles. The Labute approximate surface area is 367 Å². The molecule has 0 saturated heterocycles. The van der Waals surface area contributed by atoms with Crippen molar-refractivity contribution in [2.75, 3.05) is 13.6 Å². The van der Waals surface area contributed by atoms with E-state index in [-0.39, 0.29) is 70.8 Å². The first-order chi connectivity index (χ1) is 30.1. The molecule has 0 atom stereocenters. The van der Waals surface area contributed by atoms with Crippen molar-refractivity contribution in [3.8, 4) is 11.5 Å². The molecular weight excluding hydrogens is 821 g/mol. The van der Waals surface area contributed by atoms with Crippen LogP contribution in [-0.2, 0) is 66.8 Å². The van der Waals surface area contributed by atoms with Crippen LogP contribution in [0, 0.1) is 42.4 Å². The van der Waals surface area contributed by atoms with Gasteiger partial charge in [0.1, 0.15) is 23.7 Å². The minimum Gasteiger partial charge on any atom is -0.462 e. The van der Waals surface area contributed by atoms with Crippen LogP contribution in [-0.4, -0.2) is 73.5 Å². The van der Waals surface area contributed by atoms with Crippen LogP contribution in [0.2, 0.25) is 0 Å². The summed E-state index contributed by atoms with van der Waals surface area (Å²) >= 11 is 0. The standard InChI is InChI=1S/C47H60O16/c1-27(2)40(48)56-25-58-42(50)30-14-18-36(19-15-30)60-44(52)32-6-8-34(9-7-32)46(54)62-38-22-23-39(29(5)24-38)63-47(55)35-12-10-33(11-13-35)45(53)61-37-20-16-31(17-21-37)43(51)59-26-57-41(49)28(3)4/h22-24,30-37H,1,3,6-21,25-26H2,2,4-5H3. The zero-order chi connectivity index (χ0) is 45.6. The third-order valence-corrected chi connectivity index (χ3v) is 12.4. The zero-order valence-corrected chi connectivity index (χ0v) is 36.5. The summed E-state index contributed by atoms with van der Waals surface area (Å²) in [4.78, 5) is 99.8. The predicted molar refractivity (Wildman–Crippen MR) is 221 cm³/mol. The highest BCUT2D eigenvalue weighted by molar-refractivity contribution is 5.87. The lowest BCUT2D eigenvalue weighted by Crippen LogP contribution is -2.33. The number of carbonyl (C=O) groups is 8. The quantitative estimate of drug-likeness (QED) is 0.0546. The van der Waals surface area contributed by atoms with E-state index in [0.717, 1.165) is 0 Å². The van der Waals surface area contributed by atoms with Gasteiger partial charge in [-0.1, -0.05) is 13.2 Å². The molecule has 0 amide bonds. The van der Waals surface area contributed by atoms with E-state index < -0.39 is 49.4 Å². The van der Waals surface area contributed by atoms with Gasteiger partial charge in [-0.3, -0.25) is 28.8 Å². The molecule has 0 aliphatic heterocycles. The number of hydrogen-bond donors (Lipinski definition) is 0. The average Bonchev–Trinajstić information content (AvgIpc) is 3.27. The van der Waals surface area contributed by atoms with Crippen LogP contribution in [0.25, 0.3) is 0 Å². The van der Waals surface area contributed by atoms with Crippen LogP contribution in [0.1, 0.15) is 122 Å². The molecule has 0 N–H and O–H groups in total. The summed E-state index contributed by atoms with van der Waals surface area (Å²) < 4.78 is 42.7. The second-order valence-electron chi connectivity index (χ2n) is 17.3. The van der Waals surface area contributed by atoms with E-state index in [9.17, 15) is 38.4 Å². The highest BCUT2D eigenvalue weighted by Gasteiger charge is 2.37. The van der Waals surface area contributed by atoms with Crippen molar-refractivity contribution >= 4 is 47.8 Å². The van der Waals surface area contributed by atoms with E-state index >= 15 is 0 Å². The largest absolute Gasteiger partial charge is 0.462 e. The van der Waals surface area contributed by atoms with Gasteiger partial charge in [0.05, 0.1) is 35.5 Å². The van der Waals surface area contributed by atoms with Crippen LogP contribution in [0.3, 0.4) is 0 Å². The first kappa shape index (κ1) is 48.5. The van der Waals surface area contributed by atoms with E-state index in [4.69, 9.17) is 37.9 Å². The van der Waals surface area contributed by atoms with Gasteiger partial charge in [-0.05, 0) is 147 Å². The van der Waals surface area contributed by atoms with Gasteiger partial charge in [-0.15, -0.1) is 0 Å². The third-order valence-electron chi connectivity index (χ3n) is 12.4. The molecule has 4 saturated carbocycles. The Bertz CT molecular complexity index is 1870. The van der Waals surface area contributed by atoms with Crippen molar-refractivity contribution in [3.63, 3.8) is 0 Å². The van der Waals surface area contributed by atoms with Crippen molar-refractivity contribution in [2.24, 2.45) is 35.5 Å². The predicted octanol–water partition coefficient (Wildman–Crippen LogP) is 6.86. The molecule has 5 rings (SSSR count). The molecule has 63 heavy (non-hydrogen) atoms. The number of rotatable bonds is 16. The lowest BCUT2D eigenvalue weighted by atomic mass is 9.82. The number of hydrogen-bond acceptors (Lipinski definition) is 16. The van der Waals surface area contributed by atoms with Gasteiger partial charge in [-0.25, -0.2) is 9.59 Å². The van der Waals surface area contributed by atoms with Crippen molar-refractivity contribution < 1.29 is 76.3 Å². The summed E-state index contributed by atoms with van der Waals surface area (Å²) in [5.74, 6) is -5.04. The Kier molecular flexibility index (Phi) is 17.9. The Hall–Kier alpha value is -5.54. The molecule has 4 aliphatic carbocycles. The maximum atomic E-state index is 13.1. The Balaban J connectivity index is 0.946. The molecule has 0 aromatic heterocycles. The normalized spacial score (nSPS) is 25.8. The van der Waals surface area contributed by atoms with Gasteiger partial charge in [0.2, 0.25) is 13.6 Å². The van der Waals surface area contributed by atoms with Crippen molar-refractivity contribution in [1.82, 2.24) is 0 Å². The minimum atomic E-state index is -0.635. The van der Waals surface area contributed by atoms with Gasteiger partial charge in [0.15, 0.2) is 0 Å². The van der Waals surface area contributed by atoms with Gasteiger partial charge >= 0.3 is 47.8 Å². The number of benzene rings is 1. The molecule has 0 heterocycles. The molecular formula is C47H60O16. The molecule has 4 fully saturated rings. The van der Waals surface area contributed by atoms with Gasteiger partial charge in [-0.2, -0.15) is 0 Å². The van der Waals surface area contributed by atoms with Crippen molar-refractivity contribution in [1.29, 1.82) is 0 Å². The molecule has 4 aliphatic rings. The smallest absolute Gasteiger partial charge is 0.335 e. The maximum Gasteiger partial charge on any atom is 0.335 e. The third kappa shape index (κ3) is 14.5. The van der Waals surface area contributed by atoms with Crippen LogP contribution in [0.4, 0.5) is 0 Å². The molecule has 0 radical (unpaired) electrons. The lowest BCUT2D eigenvalue weighted by molar-refractivity contribution is -0.172. The highest BCUT2D eigenvalue weighted by atomic mass is 16.7. The van der Waals surface area contributed by atoms with Crippen molar-refractivity contribution in [2.45, 2.75) is 136 Å². The van der Waals surface area contributed by atoms with E-state index in [2.05, 4.69) is 13.2 Å². The number of esters is 8. The van der Waals surface area contributed by atoms with Gasteiger partial charge in [0, 0.05) is 11.1 Å². The van der Waals surface area contributed by atoms with Crippen LogP contribution in [0.15, 0.2) is 42.5 Å². The fourth-order valence-corrected chi connectivity index (χ4v) is 8.44. The molecule has 344 valence electrons. The van der Waals surface area contributed by atoms with Gasteiger partial charge < -0.3 is 37.9 Å². The fraction of sp³-hybridized carbons (Fsp3) is 0.617. The Morgan fingerprint density at radius 2 is 0.794 bits per heavy atom. The average molecular weight is 881 g/mol. The summed E-state index contributed by atoms with van der Waals surface area (Å²) in [6, 6.07) is 4.81. The Morgan fingerprint density at radius 1 is 0.460 bits per heavy atom. The summed E-state index contributed by atoms with van der Waals surface area (Å²) in [6.45, 7) is 10.8. The summed E-state index contributed by atoms with van der Waals surface area (Å²) in [5, 5.41) is 0. The summed E-state index contributed by atoms with van der Waals surface area (Å²) in [7, 11) is 0. The number of ether oxygens (including phenoxy) is 8. The van der Waals surface area contributed by atoms with Crippen molar-refractivity contribution in [3.05, 3.63) is 48.1 Å². The molecule has 0 unspecified atom stereocenters. The fourth-order valence-electron chi connectivity index (χ4n) is 8.44. The molecule has 16 heteroatoms. The van der Waals surface area contributed by atoms with E-state index in [0.29, 0.717) is 120 Å². The van der Waals surface area contributed by atoms with Crippen LogP contribution >= 0.6 is 0 Å². The first-order valence-corrected chi connectivity index (χ1v) is 22.0. The molecule has 1 aromatic rings. The van der Waals surface area contributed by atoms with E-state index in [1.807, 2.05) is 0 Å². The molecule has 0 spiro atoms. The second-order valence-corrected chi connectivity index (χ2v) is 17.3. The summed E-state index contributed by atoms with van der Waals surface area (Å²) in [5.41, 5.74) is 1.03.